The molecule has 2 aromatic rings. The first kappa shape index (κ1) is 14.6. The molecule has 0 amide bonds. The normalized spacial score (nSPS) is 27.8. The van der Waals surface area contributed by atoms with Gasteiger partial charge in [0.2, 0.25) is 0 Å². The molecule has 4 rings (SSSR count). The van der Waals surface area contributed by atoms with Crippen molar-refractivity contribution in [2.24, 2.45) is 5.92 Å². The highest BCUT2D eigenvalue weighted by Gasteiger charge is 2.40. The number of terminal acetylenes is 1. The smallest absolute Gasteiger partial charge is 0.150 e. The largest absolute Gasteiger partial charge is 0.356 e. The number of aromatic nitrogens is 2. The molecule has 1 aromatic heterocycles. The summed E-state index contributed by atoms with van der Waals surface area (Å²) in [6.07, 6.45) is 11.7. The summed E-state index contributed by atoms with van der Waals surface area (Å²) in [5, 5.41) is 6.39. The zero-order chi connectivity index (χ0) is 15.3. The molecule has 0 N–H and O–H groups in total. The van der Waals surface area contributed by atoms with Gasteiger partial charge >= 0.3 is 0 Å². The minimum Gasteiger partial charge on any atom is -0.356 e. The van der Waals surface area contributed by atoms with E-state index in [4.69, 9.17) is 22.8 Å². The van der Waals surface area contributed by atoms with Crippen molar-refractivity contribution in [2.75, 3.05) is 6.61 Å². The summed E-state index contributed by atoms with van der Waals surface area (Å²) < 4.78 is 8.84. The summed E-state index contributed by atoms with van der Waals surface area (Å²) in [6.45, 7) is 0.797. The molecule has 0 bridgehead atoms. The number of ether oxygens (including phenoxy) is 1. The van der Waals surface area contributed by atoms with Crippen molar-refractivity contribution in [2.45, 2.75) is 37.8 Å². The number of halogens is 2. The predicted octanol–water partition coefficient (Wildman–Crippen LogP) is 4.89. The van der Waals surface area contributed by atoms with Gasteiger partial charge in [-0.25, -0.2) is 4.68 Å². The van der Waals surface area contributed by atoms with E-state index in [0.29, 0.717) is 11.8 Å². The lowest BCUT2D eigenvalue weighted by Gasteiger charge is -2.23. The Balaban J connectivity index is 1.79. The van der Waals surface area contributed by atoms with Gasteiger partial charge in [-0.3, -0.25) is 0 Å². The fourth-order valence-corrected chi connectivity index (χ4v) is 4.58. The van der Waals surface area contributed by atoms with E-state index in [-0.39, 0.29) is 6.23 Å². The van der Waals surface area contributed by atoms with E-state index in [9.17, 15) is 0 Å². The molecule has 2 heterocycles. The third kappa shape index (κ3) is 2.27. The van der Waals surface area contributed by atoms with Gasteiger partial charge in [-0.05, 0) is 53.2 Å². The van der Waals surface area contributed by atoms with Gasteiger partial charge < -0.3 is 4.74 Å². The highest BCUT2D eigenvalue weighted by molar-refractivity contribution is 9.10. The van der Waals surface area contributed by atoms with Crippen molar-refractivity contribution in [3.05, 3.63) is 27.3 Å². The molecule has 0 spiro atoms. The van der Waals surface area contributed by atoms with Crippen LogP contribution in [0.3, 0.4) is 0 Å². The van der Waals surface area contributed by atoms with Gasteiger partial charge in [-0.15, -0.1) is 12.3 Å². The van der Waals surface area contributed by atoms with Crippen molar-refractivity contribution in [3.63, 3.8) is 0 Å². The van der Waals surface area contributed by atoms with Crippen molar-refractivity contribution < 1.29 is 4.74 Å². The SMILES string of the molecule is C#C[C@@H]1C[C@@H]1c1c(Cl)cc2c(cnn2C2CCCCO2)c1Br. The van der Waals surface area contributed by atoms with Crippen LogP contribution in [-0.4, -0.2) is 16.4 Å². The molecular weight excluding hydrogens is 364 g/mol. The molecular formula is C17H16BrClN2O. The van der Waals surface area contributed by atoms with Crippen LogP contribution in [0.2, 0.25) is 5.02 Å². The topological polar surface area (TPSA) is 27.1 Å². The molecule has 3 nitrogen and oxygen atoms in total. The maximum absolute atomic E-state index is 6.55. The monoisotopic (exact) mass is 378 g/mol. The van der Waals surface area contributed by atoms with Crippen LogP contribution >= 0.6 is 27.5 Å². The second kappa shape index (κ2) is 5.56. The van der Waals surface area contributed by atoms with E-state index < -0.39 is 0 Å². The third-order valence-corrected chi connectivity index (χ3v) is 5.80. The average molecular weight is 380 g/mol. The van der Waals surface area contributed by atoms with Gasteiger partial charge in [-0.2, -0.15) is 5.10 Å². The van der Waals surface area contributed by atoms with Gasteiger partial charge in [0.05, 0.1) is 11.7 Å². The Hall–Kier alpha value is -1.02. The van der Waals surface area contributed by atoms with E-state index in [1.54, 1.807) is 0 Å². The van der Waals surface area contributed by atoms with Crippen molar-refractivity contribution >= 4 is 38.4 Å². The van der Waals surface area contributed by atoms with Gasteiger partial charge in [-0.1, -0.05) is 11.6 Å². The molecule has 2 aliphatic rings. The highest BCUT2D eigenvalue weighted by Crippen LogP contribution is 2.53. The van der Waals surface area contributed by atoms with Gasteiger partial charge in [0, 0.05) is 33.3 Å². The van der Waals surface area contributed by atoms with Crippen LogP contribution in [0.1, 0.15) is 43.4 Å². The quantitative estimate of drug-likeness (QED) is 0.695. The number of nitrogens with zero attached hydrogens (tertiary/aromatic N) is 2. The summed E-state index contributed by atoms with van der Waals surface area (Å²) in [7, 11) is 0. The van der Waals surface area contributed by atoms with Crippen molar-refractivity contribution in [3.8, 4) is 12.3 Å². The molecule has 0 radical (unpaired) electrons. The van der Waals surface area contributed by atoms with Crippen LogP contribution in [0.4, 0.5) is 0 Å². The molecule has 1 saturated heterocycles. The van der Waals surface area contributed by atoms with E-state index in [2.05, 4.69) is 26.9 Å². The molecule has 1 unspecified atom stereocenters. The number of hydrogen-bond donors (Lipinski definition) is 0. The molecule has 22 heavy (non-hydrogen) atoms. The standard InChI is InChI=1S/C17H16BrClN2O/c1-2-10-7-11(10)16-13(19)8-14-12(17(16)18)9-20-21(14)15-5-3-4-6-22-15/h1,8-11,15H,3-7H2/t10-,11+,15?/m1/s1. The van der Waals surface area contributed by atoms with Crippen LogP contribution < -0.4 is 0 Å². The zero-order valence-corrected chi connectivity index (χ0v) is 14.4. The Kier molecular flexibility index (Phi) is 3.68. The second-order valence-corrected chi connectivity index (χ2v) is 7.24. The number of fused-ring (bicyclic) bond motifs is 1. The zero-order valence-electron chi connectivity index (χ0n) is 12.1. The Labute approximate surface area is 143 Å². The lowest BCUT2D eigenvalue weighted by molar-refractivity contribution is -0.0366. The Morgan fingerprint density at radius 1 is 1.45 bits per heavy atom. The third-order valence-electron chi connectivity index (χ3n) is 4.63. The summed E-state index contributed by atoms with van der Waals surface area (Å²) in [5.41, 5.74) is 2.15. The van der Waals surface area contributed by atoms with Crippen LogP contribution in [0, 0.1) is 18.3 Å². The van der Waals surface area contributed by atoms with E-state index in [0.717, 1.165) is 51.8 Å². The van der Waals surface area contributed by atoms with Crippen molar-refractivity contribution in [1.29, 1.82) is 0 Å². The average Bonchev–Trinajstić information content (AvgIpc) is 3.18. The molecule has 3 atom stereocenters. The highest BCUT2D eigenvalue weighted by atomic mass is 79.9. The maximum Gasteiger partial charge on any atom is 0.150 e. The lowest BCUT2D eigenvalue weighted by Crippen LogP contribution is -2.18. The van der Waals surface area contributed by atoms with Crippen LogP contribution in [0.25, 0.3) is 10.9 Å². The van der Waals surface area contributed by atoms with Crippen molar-refractivity contribution in [1.82, 2.24) is 9.78 Å². The van der Waals surface area contributed by atoms with Gasteiger partial charge in [0.1, 0.15) is 0 Å². The molecule has 1 aromatic carbocycles. The predicted molar refractivity (Wildman–Crippen MR) is 91.0 cm³/mol. The number of benzene rings is 1. The van der Waals surface area contributed by atoms with E-state index in [1.807, 2.05) is 16.9 Å². The second-order valence-electron chi connectivity index (χ2n) is 6.04. The minimum absolute atomic E-state index is 0.0134. The molecule has 5 heteroatoms. The molecule has 1 aliphatic heterocycles. The maximum atomic E-state index is 6.55. The minimum atomic E-state index is 0.0134. The van der Waals surface area contributed by atoms with Crippen LogP contribution in [-0.2, 0) is 4.74 Å². The molecule has 1 aliphatic carbocycles. The first-order valence-corrected chi connectivity index (χ1v) is 8.80. The van der Waals surface area contributed by atoms with Crippen LogP contribution in [0.5, 0.6) is 0 Å². The fourth-order valence-electron chi connectivity index (χ4n) is 3.32. The van der Waals surface area contributed by atoms with Gasteiger partial charge in [0.25, 0.3) is 0 Å². The Bertz CT molecular complexity index is 773. The van der Waals surface area contributed by atoms with Crippen LogP contribution in [0.15, 0.2) is 16.7 Å². The Morgan fingerprint density at radius 2 is 2.32 bits per heavy atom. The van der Waals surface area contributed by atoms with E-state index >= 15 is 0 Å². The molecule has 2 fully saturated rings. The lowest BCUT2D eigenvalue weighted by atomic mass is 10.1. The van der Waals surface area contributed by atoms with Gasteiger partial charge in [0.15, 0.2) is 6.23 Å². The fraction of sp³-hybridized carbons (Fsp3) is 0.471. The summed E-state index contributed by atoms with van der Waals surface area (Å²) in [5.74, 6) is 3.50. The Morgan fingerprint density at radius 3 is 3.00 bits per heavy atom. The molecule has 1 saturated carbocycles. The number of hydrogen-bond acceptors (Lipinski definition) is 2. The summed E-state index contributed by atoms with van der Waals surface area (Å²) in [4.78, 5) is 0. The summed E-state index contributed by atoms with van der Waals surface area (Å²) in [6, 6.07) is 2.01. The first-order valence-electron chi connectivity index (χ1n) is 7.63. The molecule has 114 valence electrons. The first-order chi connectivity index (χ1) is 10.7. The van der Waals surface area contributed by atoms with E-state index in [1.165, 1.54) is 6.42 Å². The number of rotatable bonds is 2. The summed E-state index contributed by atoms with van der Waals surface area (Å²) >= 11 is 10.3.